The van der Waals surface area contributed by atoms with Crippen molar-refractivity contribution < 1.29 is 14.3 Å². The van der Waals surface area contributed by atoms with Gasteiger partial charge in [0.1, 0.15) is 0 Å². The van der Waals surface area contributed by atoms with Gasteiger partial charge in [0.05, 0.1) is 17.7 Å². The van der Waals surface area contributed by atoms with Crippen molar-refractivity contribution in [3.05, 3.63) is 28.8 Å². The second kappa shape index (κ2) is 9.37. The van der Waals surface area contributed by atoms with Crippen LogP contribution in [-0.4, -0.2) is 25.5 Å². The number of ether oxygens (including phenoxy) is 1. The molecule has 0 fully saturated rings. The fourth-order valence-corrected chi connectivity index (χ4v) is 2.07. The highest BCUT2D eigenvalue weighted by Crippen LogP contribution is 2.21. The SMILES string of the molecule is COC(=O)c1cc(NC(=O)CCCCCCN)ccc1Cl. The number of hydrogen-bond donors (Lipinski definition) is 2. The van der Waals surface area contributed by atoms with Crippen molar-refractivity contribution in [3.8, 4) is 0 Å². The van der Waals surface area contributed by atoms with Crippen LogP contribution in [0.2, 0.25) is 5.02 Å². The molecule has 0 bridgehead atoms. The molecule has 1 rings (SSSR count). The van der Waals surface area contributed by atoms with E-state index in [1.54, 1.807) is 12.1 Å². The fourth-order valence-electron chi connectivity index (χ4n) is 1.88. The lowest BCUT2D eigenvalue weighted by molar-refractivity contribution is -0.116. The van der Waals surface area contributed by atoms with Gasteiger partial charge < -0.3 is 15.8 Å². The molecule has 1 aromatic rings. The van der Waals surface area contributed by atoms with Crippen molar-refractivity contribution in [1.29, 1.82) is 0 Å². The summed E-state index contributed by atoms with van der Waals surface area (Å²) < 4.78 is 4.63. The van der Waals surface area contributed by atoms with Gasteiger partial charge in [0.25, 0.3) is 0 Å². The number of methoxy groups -OCH3 is 1. The maximum Gasteiger partial charge on any atom is 0.339 e. The summed E-state index contributed by atoms with van der Waals surface area (Å²) in [6, 6.07) is 4.73. The Morgan fingerprint density at radius 3 is 2.62 bits per heavy atom. The first-order chi connectivity index (χ1) is 10.1. The maximum atomic E-state index is 11.8. The van der Waals surface area contributed by atoms with E-state index in [1.807, 2.05) is 0 Å². The molecule has 0 radical (unpaired) electrons. The number of rotatable bonds is 8. The van der Waals surface area contributed by atoms with E-state index >= 15 is 0 Å². The van der Waals surface area contributed by atoms with E-state index in [1.165, 1.54) is 13.2 Å². The Labute approximate surface area is 129 Å². The van der Waals surface area contributed by atoms with Gasteiger partial charge in [-0.2, -0.15) is 0 Å². The zero-order chi connectivity index (χ0) is 15.7. The molecule has 0 spiro atoms. The summed E-state index contributed by atoms with van der Waals surface area (Å²) >= 11 is 5.91. The summed E-state index contributed by atoms with van der Waals surface area (Å²) in [5.41, 5.74) is 6.18. The number of carbonyl (C=O) groups is 2. The summed E-state index contributed by atoms with van der Waals surface area (Å²) in [5, 5.41) is 3.04. The van der Waals surface area contributed by atoms with Crippen molar-refractivity contribution in [1.82, 2.24) is 0 Å². The van der Waals surface area contributed by atoms with Gasteiger partial charge in [-0.25, -0.2) is 4.79 Å². The molecule has 0 aliphatic carbocycles. The molecule has 0 saturated heterocycles. The Morgan fingerprint density at radius 1 is 1.24 bits per heavy atom. The van der Waals surface area contributed by atoms with Crippen LogP contribution in [0.4, 0.5) is 5.69 Å². The number of nitrogens with one attached hydrogen (secondary N) is 1. The molecule has 1 amide bonds. The van der Waals surface area contributed by atoms with Crippen LogP contribution in [0.5, 0.6) is 0 Å². The molecule has 21 heavy (non-hydrogen) atoms. The van der Waals surface area contributed by atoms with Crippen LogP contribution in [-0.2, 0) is 9.53 Å². The highest BCUT2D eigenvalue weighted by Gasteiger charge is 2.12. The Kier molecular flexibility index (Phi) is 7.79. The normalized spacial score (nSPS) is 10.2. The van der Waals surface area contributed by atoms with Crippen LogP contribution >= 0.6 is 11.6 Å². The smallest absolute Gasteiger partial charge is 0.339 e. The quantitative estimate of drug-likeness (QED) is 0.571. The zero-order valence-electron chi connectivity index (χ0n) is 12.2. The van der Waals surface area contributed by atoms with E-state index in [-0.39, 0.29) is 11.5 Å². The molecule has 6 heteroatoms. The van der Waals surface area contributed by atoms with Crippen LogP contribution in [0.25, 0.3) is 0 Å². The number of anilines is 1. The predicted molar refractivity (Wildman–Crippen MR) is 83.6 cm³/mol. The molecule has 0 heterocycles. The number of esters is 1. The summed E-state index contributed by atoms with van der Waals surface area (Å²) in [7, 11) is 1.28. The van der Waals surface area contributed by atoms with E-state index in [0.29, 0.717) is 23.7 Å². The molecule has 5 nitrogen and oxygen atoms in total. The molecule has 3 N–H and O–H groups in total. The van der Waals surface area contributed by atoms with Gasteiger partial charge in [-0.05, 0) is 37.6 Å². The maximum absolute atomic E-state index is 11.8. The Balaban J connectivity index is 2.51. The second-order valence-corrected chi connectivity index (χ2v) is 5.09. The average molecular weight is 313 g/mol. The lowest BCUT2D eigenvalue weighted by atomic mass is 10.1. The van der Waals surface area contributed by atoms with Gasteiger partial charge >= 0.3 is 5.97 Å². The largest absolute Gasteiger partial charge is 0.465 e. The molecule has 0 saturated carbocycles. The summed E-state index contributed by atoms with van der Waals surface area (Å²) in [6.07, 6.45) is 4.28. The standard InChI is InChI=1S/C15H21ClN2O3/c1-21-15(20)12-10-11(7-8-13(12)16)18-14(19)6-4-2-3-5-9-17/h7-8,10H,2-6,9,17H2,1H3,(H,18,19). The highest BCUT2D eigenvalue weighted by atomic mass is 35.5. The predicted octanol–water partition coefficient (Wildman–Crippen LogP) is 2.97. The van der Waals surface area contributed by atoms with Gasteiger partial charge in [-0.1, -0.05) is 24.4 Å². The van der Waals surface area contributed by atoms with Gasteiger partial charge in [-0.3, -0.25) is 4.79 Å². The van der Waals surface area contributed by atoms with Crippen molar-refractivity contribution in [2.75, 3.05) is 19.0 Å². The molecule has 0 atom stereocenters. The number of benzene rings is 1. The Hall–Kier alpha value is -1.59. The third-order valence-electron chi connectivity index (χ3n) is 3.01. The number of carbonyl (C=O) groups excluding carboxylic acids is 2. The van der Waals surface area contributed by atoms with E-state index in [4.69, 9.17) is 17.3 Å². The lowest BCUT2D eigenvalue weighted by Gasteiger charge is -2.08. The Bertz CT molecular complexity index is 492. The minimum absolute atomic E-state index is 0.0825. The molecule has 0 unspecified atom stereocenters. The number of nitrogens with two attached hydrogens (primary N) is 1. The van der Waals surface area contributed by atoms with E-state index in [9.17, 15) is 9.59 Å². The summed E-state index contributed by atoms with van der Waals surface area (Å²) in [4.78, 5) is 23.3. The third kappa shape index (κ3) is 6.14. The summed E-state index contributed by atoms with van der Waals surface area (Å²) in [6.45, 7) is 0.688. The van der Waals surface area contributed by atoms with Crippen LogP contribution in [0, 0.1) is 0 Å². The van der Waals surface area contributed by atoms with Gasteiger partial charge in [0.2, 0.25) is 5.91 Å². The molecular formula is C15H21ClN2O3. The van der Waals surface area contributed by atoms with Crippen molar-refractivity contribution in [2.24, 2.45) is 5.73 Å². The molecule has 0 aliphatic heterocycles. The van der Waals surface area contributed by atoms with Crippen molar-refractivity contribution in [3.63, 3.8) is 0 Å². The van der Waals surface area contributed by atoms with Crippen molar-refractivity contribution in [2.45, 2.75) is 32.1 Å². The zero-order valence-corrected chi connectivity index (χ0v) is 12.9. The molecule has 1 aromatic carbocycles. The minimum Gasteiger partial charge on any atom is -0.465 e. The first kappa shape index (κ1) is 17.5. The number of amides is 1. The number of unbranched alkanes of at least 4 members (excludes halogenated alkanes) is 3. The average Bonchev–Trinajstić information content (AvgIpc) is 2.48. The van der Waals surface area contributed by atoms with Crippen LogP contribution in [0.1, 0.15) is 42.5 Å². The lowest BCUT2D eigenvalue weighted by Crippen LogP contribution is -2.12. The summed E-state index contributed by atoms with van der Waals surface area (Å²) in [5.74, 6) is -0.612. The Morgan fingerprint density at radius 2 is 1.95 bits per heavy atom. The number of halogens is 1. The van der Waals surface area contributed by atoms with Crippen LogP contribution in [0.3, 0.4) is 0 Å². The second-order valence-electron chi connectivity index (χ2n) is 4.69. The third-order valence-corrected chi connectivity index (χ3v) is 3.34. The molecule has 116 valence electrons. The van der Waals surface area contributed by atoms with E-state index < -0.39 is 5.97 Å². The first-order valence-corrected chi connectivity index (χ1v) is 7.34. The van der Waals surface area contributed by atoms with E-state index in [2.05, 4.69) is 10.1 Å². The molecule has 0 aliphatic rings. The van der Waals surface area contributed by atoms with Gasteiger partial charge in [0, 0.05) is 12.1 Å². The molecule has 0 aromatic heterocycles. The topological polar surface area (TPSA) is 81.4 Å². The van der Waals surface area contributed by atoms with Crippen LogP contribution in [0.15, 0.2) is 18.2 Å². The minimum atomic E-state index is -0.530. The van der Waals surface area contributed by atoms with Crippen LogP contribution < -0.4 is 11.1 Å². The van der Waals surface area contributed by atoms with Gasteiger partial charge in [-0.15, -0.1) is 0 Å². The van der Waals surface area contributed by atoms with E-state index in [0.717, 1.165) is 25.7 Å². The molecular weight excluding hydrogens is 292 g/mol. The van der Waals surface area contributed by atoms with Crippen molar-refractivity contribution >= 4 is 29.2 Å². The van der Waals surface area contributed by atoms with Gasteiger partial charge in [0.15, 0.2) is 0 Å². The monoisotopic (exact) mass is 312 g/mol. The first-order valence-electron chi connectivity index (χ1n) is 6.96. The highest BCUT2D eigenvalue weighted by molar-refractivity contribution is 6.33. The number of hydrogen-bond acceptors (Lipinski definition) is 4. The fraction of sp³-hybridized carbons (Fsp3) is 0.467.